The lowest BCUT2D eigenvalue weighted by molar-refractivity contribution is 0.225. The van der Waals surface area contributed by atoms with Gasteiger partial charge in [-0.25, -0.2) is 9.13 Å². The number of hydrogen-bond donors (Lipinski definition) is 4. The van der Waals surface area contributed by atoms with E-state index in [1.807, 2.05) is 0 Å². The van der Waals surface area contributed by atoms with Gasteiger partial charge >= 0.3 is 15.6 Å². The summed E-state index contributed by atoms with van der Waals surface area (Å²) < 4.78 is 22.2. The highest BCUT2D eigenvalue weighted by atomic mass is 31.3. The molecule has 0 aromatic rings. The zero-order chi connectivity index (χ0) is 13.6. The van der Waals surface area contributed by atoms with Gasteiger partial charge in [0.05, 0.1) is 0 Å². The van der Waals surface area contributed by atoms with Crippen molar-refractivity contribution < 1.29 is 33.0 Å². The molecule has 0 aliphatic carbocycles. The molecule has 0 aliphatic heterocycles. The molecule has 0 aliphatic rings. The van der Waals surface area contributed by atoms with Gasteiger partial charge in [-0.3, -0.25) is 0 Å². The summed E-state index contributed by atoms with van der Waals surface area (Å²) in [6.07, 6.45) is 1.38. The van der Waals surface area contributed by atoms with E-state index in [0.29, 0.717) is 0 Å². The zero-order valence-corrected chi connectivity index (χ0v) is 12.7. The largest absolute Gasteiger partial charge is 0.478 e. The van der Waals surface area contributed by atoms with Gasteiger partial charge in [0.25, 0.3) is 0 Å². The minimum absolute atomic E-state index is 0.265. The van der Waals surface area contributed by atoms with Crippen molar-refractivity contribution in [1.82, 2.24) is 0 Å². The van der Waals surface area contributed by atoms with Crippen LogP contribution in [0.5, 0.6) is 0 Å². The van der Waals surface area contributed by atoms with Crippen LogP contribution in [-0.4, -0.2) is 28.4 Å². The van der Waals surface area contributed by atoms with Crippen molar-refractivity contribution in [3.63, 3.8) is 0 Å². The molecule has 0 spiro atoms. The van der Waals surface area contributed by atoms with Gasteiger partial charge in [-0.1, -0.05) is 38.9 Å². The molecular formula is C6H20O7P2Si. The van der Waals surface area contributed by atoms with Gasteiger partial charge in [0.15, 0.2) is 0 Å². The minimum atomic E-state index is -5.05. The zero-order valence-electron chi connectivity index (χ0n) is 9.77. The molecule has 0 fully saturated rings. The van der Waals surface area contributed by atoms with Gasteiger partial charge in [-0.05, 0) is 0 Å². The van der Waals surface area contributed by atoms with Crippen LogP contribution in [0.1, 0.15) is 20.3 Å². The Morgan fingerprint density at radius 1 is 1.12 bits per heavy atom. The smallest absolute Gasteiger partial charge is 0.302 e. The molecule has 1 atom stereocenters. The highest BCUT2D eigenvalue weighted by Crippen LogP contribution is 2.53. The van der Waals surface area contributed by atoms with E-state index in [0.717, 1.165) is 5.54 Å². The van der Waals surface area contributed by atoms with E-state index in [9.17, 15) is 9.13 Å². The summed E-state index contributed by atoms with van der Waals surface area (Å²) in [6, 6.07) is 0. The first-order chi connectivity index (χ1) is 6.89. The lowest BCUT2D eigenvalue weighted by Gasteiger charge is -2.08. The van der Waals surface area contributed by atoms with Crippen molar-refractivity contribution >= 4 is 24.4 Å². The topological polar surface area (TPSA) is 124 Å². The average molecular weight is 294 g/mol. The highest BCUT2D eigenvalue weighted by Gasteiger charge is 2.27. The van der Waals surface area contributed by atoms with Crippen LogP contribution in [0.2, 0.25) is 18.6 Å². The number of hydrogen-bond acceptors (Lipinski definition) is 3. The summed E-state index contributed by atoms with van der Waals surface area (Å²) in [5.74, 6) is 0. The van der Waals surface area contributed by atoms with E-state index >= 15 is 0 Å². The van der Waals surface area contributed by atoms with Crippen LogP contribution in [0.3, 0.4) is 0 Å². The van der Waals surface area contributed by atoms with E-state index < -0.39 is 15.6 Å². The van der Waals surface area contributed by atoms with Crippen LogP contribution >= 0.6 is 15.6 Å². The molecule has 0 amide bonds. The van der Waals surface area contributed by atoms with Crippen LogP contribution in [0, 0.1) is 0 Å². The van der Waals surface area contributed by atoms with Gasteiger partial charge in [0.2, 0.25) is 0 Å². The predicted octanol–water partition coefficient (Wildman–Crippen LogP) is 1.46. The maximum atomic E-state index is 9.63. The van der Waals surface area contributed by atoms with Crippen molar-refractivity contribution in [3.8, 4) is 0 Å². The third kappa shape index (κ3) is 16.9. The second-order valence-electron chi connectivity index (χ2n) is 3.69. The predicted molar refractivity (Wildman–Crippen MR) is 63.8 cm³/mol. The first-order valence-corrected chi connectivity index (χ1v) is 10.7. The maximum absolute atomic E-state index is 9.63. The Kier molecular flexibility index (Phi) is 9.10. The van der Waals surface area contributed by atoms with Crippen molar-refractivity contribution in [1.29, 1.82) is 0 Å². The van der Waals surface area contributed by atoms with Crippen LogP contribution in [0.4, 0.5) is 0 Å². The molecule has 4 N–H and O–H groups in total. The lowest BCUT2D eigenvalue weighted by Crippen LogP contribution is -2.06. The summed E-state index contributed by atoms with van der Waals surface area (Å²) in [5.41, 5.74) is 1.04. The van der Waals surface area contributed by atoms with E-state index in [-0.39, 0.29) is 8.80 Å². The minimum Gasteiger partial charge on any atom is -0.302 e. The van der Waals surface area contributed by atoms with Gasteiger partial charge in [0, 0.05) is 8.80 Å². The molecule has 1 unspecified atom stereocenters. The molecule has 0 aromatic carbocycles. The molecular weight excluding hydrogens is 274 g/mol. The number of rotatable bonds is 4. The monoisotopic (exact) mass is 294 g/mol. The van der Waals surface area contributed by atoms with Crippen LogP contribution in [0.15, 0.2) is 0 Å². The van der Waals surface area contributed by atoms with Crippen molar-refractivity contribution in [2.45, 2.75) is 38.9 Å². The van der Waals surface area contributed by atoms with Gasteiger partial charge < -0.3 is 19.6 Å². The third-order valence-corrected chi connectivity index (χ3v) is 6.44. The Morgan fingerprint density at radius 2 is 1.44 bits per heavy atom. The fourth-order valence-corrected chi connectivity index (χ4v) is 2.66. The Balaban J connectivity index is 0. The second kappa shape index (κ2) is 7.74. The molecule has 100 valence electrons. The van der Waals surface area contributed by atoms with E-state index in [1.54, 1.807) is 0 Å². The summed E-state index contributed by atoms with van der Waals surface area (Å²) in [6.45, 7) is 9.46. The number of phosphoric acid groups is 2. The van der Waals surface area contributed by atoms with E-state index in [4.69, 9.17) is 19.6 Å². The second-order valence-corrected chi connectivity index (χ2v) is 9.93. The molecule has 0 saturated carbocycles. The Morgan fingerprint density at radius 3 is 1.44 bits per heavy atom. The fourth-order valence-electron chi connectivity index (χ4n) is 0.610. The summed E-state index contributed by atoms with van der Waals surface area (Å²) >= 11 is 0. The van der Waals surface area contributed by atoms with Crippen molar-refractivity contribution in [2.24, 2.45) is 0 Å². The van der Waals surface area contributed by atoms with Crippen LogP contribution in [-0.2, 0) is 13.4 Å². The lowest BCUT2D eigenvalue weighted by atomic mass is 10.4. The Bertz CT molecular complexity index is 250. The first-order valence-electron chi connectivity index (χ1n) is 4.71. The molecule has 0 bridgehead atoms. The van der Waals surface area contributed by atoms with Gasteiger partial charge in [0.1, 0.15) is 0 Å². The Hall–Kier alpha value is 0.477. The van der Waals surface area contributed by atoms with Crippen LogP contribution in [0.25, 0.3) is 0 Å². The standard InChI is InChI=1S/C6H16Si.H4O7P2/c1-5-6(2)7(3)4;1-8(2,3)7-9(4,5)6/h6-7H,5H2,1-4H3;(H2,1,2,3)(H2,4,5,6). The van der Waals surface area contributed by atoms with Gasteiger partial charge in [-0.2, -0.15) is 4.31 Å². The molecule has 0 rings (SSSR count). The summed E-state index contributed by atoms with van der Waals surface area (Å²) in [7, 11) is -10.4. The van der Waals surface area contributed by atoms with Crippen LogP contribution < -0.4 is 0 Å². The molecule has 16 heavy (non-hydrogen) atoms. The molecule has 0 aromatic heterocycles. The SMILES string of the molecule is CCC(C)[SiH](C)C.O=P(O)(O)OP(=O)(O)O. The molecule has 7 nitrogen and oxygen atoms in total. The molecule has 10 heteroatoms. The molecule has 0 saturated heterocycles. The summed E-state index contributed by atoms with van der Waals surface area (Å²) in [5, 5.41) is 0. The normalized spacial score (nSPS) is 14.3. The fraction of sp³-hybridized carbons (Fsp3) is 1.00. The van der Waals surface area contributed by atoms with E-state index in [2.05, 4.69) is 31.3 Å². The van der Waals surface area contributed by atoms with Crippen molar-refractivity contribution in [3.05, 3.63) is 0 Å². The quantitative estimate of drug-likeness (QED) is 0.457. The van der Waals surface area contributed by atoms with E-state index in [1.165, 1.54) is 6.42 Å². The summed E-state index contributed by atoms with van der Waals surface area (Å²) in [4.78, 5) is 31.0. The maximum Gasteiger partial charge on any atom is 0.478 e. The molecule has 0 heterocycles. The third-order valence-electron chi connectivity index (χ3n) is 1.99. The van der Waals surface area contributed by atoms with Gasteiger partial charge in [-0.15, -0.1) is 0 Å². The van der Waals surface area contributed by atoms with Crippen molar-refractivity contribution in [2.75, 3.05) is 0 Å². The Labute approximate surface area is 96.9 Å². The highest BCUT2D eigenvalue weighted by molar-refractivity contribution is 7.60. The average Bonchev–Trinajstić information content (AvgIpc) is 1.96. The molecule has 0 radical (unpaired) electrons. The first kappa shape index (κ1) is 18.8.